The molecule has 1 saturated heterocycles. The van der Waals surface area contributed by atoms with Gasteiger partial charge in [-0.15, -0.1) is 0 Å². The Kier molecular flexibility index (Phi) is 5.10. The minimum absolute atomic E-state index is 0.373. The van der Waals surface area contributed by atoms with Gasteiger partial charge >= 0.3 is 0 Å². The van der Waals surface area contributed by atoms with E-state index >= 15 is 0 Å². The Balaban J connectivity index is 2.10. The Morgan fingerprint density at radius 2 is 2.39 bits per heavy atom. The summed E-state index contributed by atoms with van der Waals surface area (Å²) in [7, 11) is 0. The predicted molar refractivity (Wildman–Crippen MR) is 83.2 cm³/mol. The SMILES string of the molecule is CCNC(Cc1cncc(Br)c1)C1(C)CCCS1. The molecule has 2 atom stereocenters. The molecule has 2 heterocycles. The van der Waals surface area contributed by atoms with Crippen LogP contribution in [0.1, 0.15) is 32.3 Å². The van der Waals surface area contributed by atoms with E-state index in [1.165, 1.54) is 24.2 Å². The Morgan fingerprint density at radius 3 is 3.00 bits per heavy atom. The topological polar surface area (TPSA) is 24.9 Å². The molecule has 1 aliphatic heterocycles. The van der Waals surface area contributed by atoms with E-state index < -0.39 is 0 Å². The van der Waals surface area contributed by atoms with Gasteiger partial charge in [0.1, 0.15) is 0 Å². The first-order valence-corrected chi connectivity index (χ1v) is 8.38. The van der Waals surface area contributed by atoms with Crippen LogP contribution in [0.4, 0.5) is 0 Å². The summed E-state index contributed by atoms with van der Waals surface area (Å²) in [6.07, 6.45) is 7.55. The highest BCUT2D eigenvalue weighted by Gasteiger charge is 2.37. The Bertz CT molecular complexity index is 391. The van der Waals surface area contributed by atoms with Gasteiger partial charge in [0, 0.05) is 27.7 Å². The lowest BCUT2D eigenvalue weighted by Crippen LogP contribution is -2.46. The van der Waals surface area contributed by atoms with Crippen molar-refractivity contribution in [3.8, 4) is 0 Å². The Hall–Kier alpha value is -0.0600. The number of thioether (sulfide) groups is 1. The molecule has 1 aromatic rings. The molecule has 4 heteroatoms. The minimum atomic E-state index is 0.373. The lowest BCUT2D eigenvalue weighted by Gasteiger charge is -2.34. The van der Waals surface area contributed by atoms with Crippen LogP contribution in [0.25, 0.3) is 0 Å². The van der Waals surface area contributed by atoms with Crippen molar-refractivity contribution in [3.63, 3.8) is 0 Å². The van der Waals surface area contributed by atoms with Gasteiger partial charge < -0.3 is 5.32 Å². The van der Waals surface area contributed by atoms with Crippen molar-refractivity contribution in [2.75, 3.05) is 12.3 Å². The number of hydrogen-bond donors (Lipinski definition) is 1. The highest BCUT2D eigenvalue weighted by molar-refractivity contribution is 9.10. The van der Waals surface area contributed by atoms with E-state index in [0.717, 1.165) is 17.4 Å². The summed E-state index contributed by atoms with van der Waals surface area (Å²) in [4.78, 5) is 4.27. The number of pyridine rings is 1. The average Bonchev–Trinajstić information content (AvgIpc) is 2.77. The standard InChI is InChI=1S/C14H21BrN2S/c1-3-17-13(14(2)5-4-6-18-14)8-11-7-12(15)10-16-9-11/h7,9-10,13,17H,3-6,8H2,1-2H3. The van der Waals surface area contributed by atoms with Crippen LogP contribution in [0.5, 0.6) is 0 Å². The van der Waals surface area contributed by atoms with Crippen LogP contribution >= 0.6 is 27.7 Å². The van der Waals surface area contributed by atoms with Crippen LogP contribution in [0.3, 0.4) is 0 Å². The van der Waals surface area contributed by atoms with Crippen LogP contribution in [-0.2, 0) is 6.42 Å². The van der Waals surface area contributed by atoms with Crippen molar-refractivity contribution >= 4 is 27.7 Å². The molecule has 0 radical (unpaired) electrons. The second kappa shape index (κ2) is 6.40. The molecule has 0 spiro atoms. The van der Waals surface area contributed by atoms with Gasteiger partial charge in [-0.3, -0.25) is 4.98 Å². The first-order valence-electron chi connectivity index (χ1n) is 6.61. The van der Waals surface area contributed by atoms with Crippen LogP contribution < -0.4 is 5.32 Å². The van der Waals surface area contributed by atoms with Crippen LogP contribution in [0, 0.1) is 0 Å². The highest BCUT2D eigenvalue weighted by atomic mass is 79.9. The second-order valence-electron chi connectivity index (χ2n) is 5.09. The molecule has 1 aliphatic rings. The van der Waals surface area contributed by atoms with E-state index in [-0.39, 0.29) is 0 Å². The normalized spacial score (nSPS) is 25.3. The summed E-state index contributed by atoms with van der Waals surface area (Å²) in [6.45, 7) is 5.63. The van der Waals surface area contributed by atoms with Gasteiger partial charge in [-0.2, -0.15) is 11.8 Å². The predicted octanol–water partition coefficient (Wildman–Crippen LogP) is 3.65. The number of hydrogen-bond acceptors (Lipinski definition) is 3. The number of halogens is 1. The zero-order chi connectivity index (χ0) is 13.0. The van der Waals surface area contributed by atoms with Crippen LogP contribution in [-0.4, -0.2) is 28.1 Å². The number of likely N-dealkylation sites (N-methyl/N-ethyl adjacent to an activating group) is 1. The fourth-order valence-electron chi connectivity index (χ4n) is 2.63. The third kappa shape index (κ3) is 3.49. The number of nitrogens with zero attached hydrogens (tertiary/aromatic N) is 1. The van der Waals surface area contributed by atoms with Crippen molar-refractivity contribution in [2.45, 2.75) is 43.9 Å². The van der Waals surface area contributed by atoms with Gasteiger partial charge in [0.25, 0.3) is 0 Å². The molecular weight excluding hydrogens is 308 g/mol. The average molecular weight is 329 g/mol. The third-order valence-corrected chi connectivity index (χ3v) is 5.71. The van der Waals surface area contributed by atoms with Gasteiger partial charge in [0.05, 0.1) is 0 Å². The van der Waals surface area contributed by atoms with E-state index in [4.69, 9.17) is 0 Å². The molecule has 1 fully saturated rings. The monoisotopic (exact) mass is 328 g/mol. The van der Waals surface area contributed by atoms with Gasteiger partial charge in [-0.1, -0.05) is 6.92 Å². The molecule has 18 heavy (non-hydrogen) atoms. The van der Waals surface area contributed by atoms with Gasteiger partial charge in [0.15, 0.2) is 0 Å². The number of rotatable bonds is 5. The molecule has 100 valence electrons. The minimum Gasteiger partial charge on any atom is -0.313 e. The lowest BCUT2D eigenvalue weighted by molar-refractivity contribution is 0.406. The molecule has 0 amide bonds. The summed E-state index contributed by atoms with van der Waals surface area (Å²) in [5.74, 6) is 1.30. The van der Waals surface area contributed by atoms with E-state index in [1.54, 1.807) is 0 Å². The van der Waals surface area contributed by atoms with Crippen molar-refractivity contribution < 1.29 is 0 Å². The second-order valence-corrected chi connectivity index (χ2v) is 7.64. The van der Waals surface area contributed by atoms with Crippen LogP contribution in [0.2, 0.25) is 0 Å². The summed E-state index contributed by atoms with van der Waals surface area (Å²) in [5.41, 5.74) is 1.31. The molecule has 2 nitrogen and oxygen atoms in total. The lowest BCUT2D eigenvalue weighted by atomic mass is 9.91. The van der Waals surface area contributed by atoms with Crippen molar-refractivity contribution in [2.24, 2.45) is 0 Å². The van der Waals surface area contributed by atoms with Gasteiger partial charge in [0.2, 0.25) is 0 Å². The molecule has 0 saturated carbocycles. The molecule has 2 rings (SSSR count). The zero-order valence-corrected chi connectivity index (χ0v) is 13.5. The smallest absolute Gasteiger partial charge is 0.0410 e. The quantitative estimate of drug-likeness (QED) is 0.893. The van der Waals surface area contributed by atoms with E-state index in [0.29, 0.717) is 10.8 Å². The van der Waals surface area contributed by atoms with Crippen molar-refractivity contribution in [1.29, 1.82) is 0 Å². The summed E-state index contributed by atoms with van der Waals surface area (Å²) < 4.78 is 1.44. The van der Waals surface area contributed by atoms with Crippen molar-refractivity contribution in [3.05, 3.63) is 28.5 Å². The summed E-state index contributed by atoms with van der Waals surface area (Å²) in [5, 5.41) is 3.67. The molecule has 0 bridgehead atoms. The maximum atomic E-state index is 4.27. The largest absolute Gasteiger partial charge is 0.313 e. The van der Waals surface area contributed by atoms with Gasteiger partial charge in [-0.25, -0.2) is 0 Å². The molecule has 0 aromatic carbocycles. The van der Waals surface area contributed by atoms with Gasteiger partial charge in [-0.05, 0) is 66.0 Å². The highest BCUT2D eigenvalue weighted by Crippen LogP contribution is 2.41. The maximum Gasteiger partial charge on any atom is 0.0410 e. The first-order chi connectivity index (χ1) is 8.64. The molecule has 2 unspecified atom stereocenters. The summed E-state index contributed by atoms with van der Waals surface area (Å²) in [6, 6.07) is 2.71. The summed E-state index contributed by atoms with van der Waals surface area (Å²) >= 11 is 5.62. The molecule has 0 aliphatic carbocycles. The third-order valence-electron chi connectivity index (χ3n) is 3.64. The molecule has 1 aromatic heterocycles. The van der Waals surface area contributed by atoms with Crippen LogP contribution in [0.15, 0.2) is 22.9 Å². The Morgan fingerprint density at radius 1 is 1.56 bits per heavy atom. The fourth-order valence-corrected chi connectivity index (χ4v) is 4.45. The Labute approximate surface area is 122 Å². The van der Waals surface area contributed by atoms with Crippen molar-refractivity contribution in [1.82, 2.24) is 10.3 Å². The zero-order valence-electron chi connectivity index (χ0n) is 11.1. The van der Waals surface area contributed by atoms with E-state index in [1.807, 2.05) is 12.4 Å². The fraction of sp³-hybridized carbons (Fsp3) is 0.643. The number of nitrogens with one attached hydrogen (secondary N) is 1. The number of aromatic nitrogens is 1. The van der Waals surface area contributed by atoms with E-state index in [2.05, 4.69) is 57.9 Å². The first kappa shape index (κ1) is 14.4. The maximum absolute atomic E-state index is 4.27. The molecular formula is C14H21BrN2S. The molecule has 1 N–H and O–H groups in total. The van der Waals surface area contributed by atoms with E-state index in [9.17, 15) is 0 Å².